The Balaban J connectivity index is 2.73. The zero-order valence-electron chi connectivity index (χ0n) is 8.09. The van der Waals surface area contributed by atoms with Gasteiger partial charge in [0.2, 0.25) is 0 Å². The second kappa shape index (κ2) is 4.63. The van der Waals surface area contributed by atoms with Crippen molar-refractivity contribution in [1.29, 1.82) is 0 Å². The first kappa shape index (κ1) is 12.0. The van der Waals surface area contributed by atoms with Crippen molar-refractivity contribution in [3.63, 3.8) is 0 Å². The van der Waals surface area contributed by atoms with Crippen LogP contribution in [0.2, 0.25) is 0 Å². The van der Waals surface area contributed by atoms with Crippen molar-refractivity contribution in [3.8, 4) is 0 Å². The molecule has 1 aromatic rings. The van der Waals surface area contributed by atoms with Crippen molar-refractivity contribution >= 4 is 0 Å². The first-order valence-corrected chi connectivity index (χ1v) is 4.55. The summed E-state index contributed by atoms with van der Waals surface area (Å²) in [5, 5.41) is 0. The molecule has 5 heteroatoms. The zero-order valence-corrected chi connectivity index (χ0v) is 8.09. The molecule has 1 atom stereocenters. The van der Waals surface area contributed by atoms with Crippen LogP contribution in [-0.2, 0) is 12.6 Å². The summed E-state index contributed by atoms with van der Waals surface area (Å²) >= 11 is 0. The number of nitrogens with two attached hydrogens (primary N) is 2. The van der Waals surface area contributed by atoms with Crippen LogP contribution in [0.5, 0.6) is 0 Å². The highest BCUT2D eigenvalue weighted by molar-refractivity contribution is 5.25. The number of halogens is 3. The number of hydrogen-bond donors (Lipinski definition) is 2. The molecule has 0 aliphatic carbocycles. The van der Waals surface area contributed by atoms with Gasteiger partial charge in [0.25, 0.3) is 0 Å². The van der Waals surface area contributed by atoms with Gasteiger partial charge in [-0.1, -0.05) is 12.1 Å². The lowest BCUT2D eigenvalue weighted by atomic mass is 10.0. The lowest BCUT2D eigenvalue weighted by Gasteiger charge is -2.10. The third kappa shape index (κ3) is 3.53. The Kier molecular flexibility index (Phi) is 3.71. The third-order valence-electron chi connectivity index (χ3n) is 2.08. The molecule has 0 fully saturated rings. The Bertz CT molecular complexity index is 305. The zero-order chi connectivity index (χ0) is 11.5. The molecule has 1 rings (SSSR count). The van der Waals surface area contributed by atoms with Gasteiger partial charge in [-0.15, -0.1) is 0 Å². The predicted octanol–water partition coefficient (Wildman–Crippen LogP) is 1.53. The van der Waals surface area contributed by atoms with Crippen molar-refractivity contribution < 1.29 is 13.2 Å². The van der Waals surface area contributed by atoms with Crippen LogP contribution < -0.4 is 11.5 Å². The summed E-state index contributed by atoms with van der Waals surface area (Å²) < 4.78 is 36.6. The fourth-order valence-corrected chi connectivity index (χ4v) is 1.22. The van der Waals surface area contributed by atoms with Crippen molar-refractivity contribution in [2.75, 3.05) is 6.54 Å². The molecule has 0 spiro atoms. The molecule has 0 radical (unpaired) electrons. The van der Waals surface area contributed by atoms with Gasteiger partial charge in [-0.25, -0.2) is 0 Å². The smallest absolute Gasteiger partial charge is 0.329 e. The van der Waals surface area contributed by atoms with Gasteiger partial charge < -0.3 is 11.5 Å². The molecule has 0 saturated heterocycles. The van der Waals surface area contributed by atoms with E-state index in [1.807, 2.05) is 0 Å². The van der Waals surface area contributed by atoms with E-state index >= 15 is 0 Å². The third-order valence-corrected chi connectivity index (χ3v) is 2.08. The Morgan fingerprint density at radius 3 is 2.07 bits per heavy atom. The maximum Gasteiger partial charge on any atom is 0.416 e. The summed E-state index contributed by atoms with van der Waals surface area (Å²) in [6, 6.07) is 4.76. The van der Waals surface area contributed by atoms with Crippen LogP contribution >= 0.6 is 0 Å². The largest absolute Gasteiger partial charge is 0.416 e. The minimum Gasteiger partial charge on any atom is -0.329 e. The lowest BCUT2D eigenvalue weighted by molar-refractivity contribution is -0.137. The van der Waals surface area contributed by atoms with Gasteiger partial charge in [0.15, 0.2) is 0 Å². The molecule has 0 aliphatic heterocycles. The standard InChI is InChI=1S/C10H13F3N2/c11-10(12,13)8-3-1-7(2-4-8)5-9(15)6-14/h1-4,9H,5-6,14-15H2/t9-/m0/s1. The summed E-state index contributed by atoms with van der Waals surface area (Å²) in [6.45, 7) is 0.320. The molecule has 84 valence electrons. The normalized spacial score (nSPS) is 13.9. The summed E-state index contributed by atoms with van der Waals surface area (Å²) in [5.74, 6) is 0. The minimum absolute atomic E-state index is 0.207. The fraction of sp³-hybridized carbons (Fsp3) is 0.400. The summed E-state index contributed by atoms with van der Waals surface area (Å²) in [4.78, 5) is 0. The van der Waals surface area contributed by atoms with Gasteiger partial charge >= 0.3 is 6.18 Å². The molecule has 15 heavy (non-hydrogen) atoms. The van der Waals surface area contributed by atoms with Crippen LogP contribution in [0.15, 0.2) is 24.3 Å². The van der Waals surface area contributed by atoms with Gasteiger partial charge in [-0.3, -0.25) is 0 Å². The second-order valence-corrected chi connectivity index (χ2v) is 3.39. The number of rotatable bonds is 3. The number of hydrogen-bond acceptors (Lipinski definition) is 2. The molecule has 1 aromatic carbocycles. The van der Waals surface area contributed by atoms with Gasteiger partial charge in [0, 0.05) is 12.6 Å². The van der Waals surface area contributed by atoms with Crippen LogP contribution in [0.3, 0.4) is 0 Å². The first-order chi connectivity index (χ1) is 6.93. The van der Waals surface area contributed by atoms with Gasteiger partial charge in [-0.05, 0) is 24.1 Å². The molecule has 0 aliphatic rings. The molecule has 0 amide bonds. The molecule has 0 saturated carbocycles. The number of benzene rings is 1. The fourth-order valence-electron chi connectivity index (χ4n) is 1.22. The SMILES string of the molecule is NC[C@@H](N)Cc1ccc(C(F)(F)F)cc1. The van der Waals surface area contributed by atoms with E-state index in [-0.39, 0.29) is 6.04 Å². The summed E-state index contributed by atoms with van der Waals surface area (Å²) in [5.41, 5.74) is 11.0. The molecule has 4 N–H and O–H groups in total. The van der Waals surface area contributed by atoms with Crippen LogP contribution in [-0.4, -0.2) is 12.6 Å². The van der Waals surface area contributed by atoms with Crippen molar-refractivity contribution in [1.82, 2.24) is 0 Å². The predicted molar refractivity (Wildman–Crippen MR) is 52.2 cm³/mol. The van der Waals surface area contributed by atoms with E-state index in [1.165, 1.54) is 12.1 Å². The quantitative estimate of drug-likeness (QED) is 0.808. The van der Waals surface area contributed by atoms with Crippen molar-refractivity contribution in [2.24, 2.45) is 11.5 Å². The van der Waals surface area contributed by atoms with Crippen LogP contribution in [0.25, 0.3) is 0 Å². The monoisotopic (exact) mass is 218 g/mol. The van der Waals surface area contributed by atoms with Crippen molar-refractivity contribution in [3.05, 3.63) is 35.4 Å². The maximum atomic E-state index is 12.2. The Hall–Kier alpha value is -1.07. The molecule has 0 bridgehead atoms. The second-order valence-electron chi connectivity index (χ2n) is 3.39. The summed E-state index contributed by atoms with van der Waals surface area (Å²) in [7, 11) is 0. The maximum absolute atomic E-state index is 12.2. The van der Waals surface area contributed by atoms with E-state index in [0.717, 1.165) is 17.7 Å². The molecule has 2 nitrogen and oxygen atoms in total. The lowest BCUT2D eigenvalue weighted by Crippen LogP contribution is -2.31. The highest BCUT2D eigenvalue weighted by atomic mass is 19.4. The highest BCUT2D eigenvalue weighted by Gasteiger charge is 2.29. The van der Waals surface area contributed by atoms with Crippen LogP contribution in [0.4, 0.5) is 13.2 Å². The summed E-state index contributed by atoms with van der Waals surface area (Å²) in [6.07, 6.45) is -3.79. The van der Waals surface area contributed by atoms with Crippen molar-refractivity contribution in [2.45, 2.75) is 18.6 Å². The van der Waals surface area contributed by atoms with Crippen LogP contribution in [0, 0.1) is 0 Å². The Morgan fingerprint density at radius 2 is 1.67 bits per heavy atom. The highest BCUT2D eigenvalue weighted by Crippen LogP contribution is 2.29. The van der Waals surface area contributed by atoms with Crippen LogP contribution in [0.1, 0.15) is 11.1 Å². The van der Waals surface area contributed by atoms with E-state index in [2.05, 4.69) is 0 Å². The van der Waals surface area contributed by atoms with E-state index in [4.69, 9.17) is 11.5 Å². The molecule has 0 heterocycles. The molecule has 0 aromatic heterocycles. The first-order valence-electron chi connectivity index (χ1n) is 4.55. The average Bonchev–Trinajstić information content (AvgIpc) is 2.17. The van der Waals surface area contributed by atoms with Gasteiger partial charge in [0.05, 0.1) is 5.56 Å². The van der Waals surface area contributed by atoms with E-state index in [0.29, 0.717) is 13.0 Å². The molecular formula is C10H13F3N2. The van der Waals surface area contributed by atoms with E-state index in [9.17, 15) is 13.2 Å². The molecule has 0 unspecified atom stereocenters. The minimum atomic E-state index is -4.28. The topological polar surface area (TPSA) is 52.0 Å². The van der Waals surface area contributed by atoms with E-state index < -0.39 is 11.7 Å². The Morgan fingerprint density at radius 1 is 1.13 bits per heavy atom. The average molecular weight is 218 g/mol. The molecular weight excluding hydrogens is 205 g/mol. The number of alkyl halides is 3. The Labute approximate surface area is 86.1 Å². The van der Waals surface area contributed by atoms with Gasteiger partial charge in [-0.2, -0.15) is 13.2 Å². The van der Waals surface area contributed by atoms with E-state index in [1.54, 1.807) is 0 Å². The van der Waals surface area contributed by atoms with Gasteiger partial charge in [0.1, 0.15) is 0 Å².